The van der Waals surface area contributed by atoms with Crippen LogP contribution in [0.15, 0.2) is 54.6 Å². The number of rotatable bonds is 1. The molecular weight excluding hydrogens is 192 g/mol. The lowest BCUT2D eigenvalue weighted by molar-refractivity contribution is 0.626. The Morgan fingerprint density at radius 3 is 2.31 bits per heavy atom. The number of fused-ring (bicyclic) bond motifs is 1. The standard InChI is InChI=1S/C16H16/c1-12-15-10-6-5-9-14(15)11-16(12)13-7-3-2-4-8-13/h2-10,12,16H,11H2,1H3. The monoisotopic (exact) mass is 208 g/mol. The molecule has 1 aliphatic rings. The molecule has 2 atom stereocenters. The third-order valence-corrected chi connectivity index (χ3v) is 3.82. The maximum absolute atomic E-state index is 2.35. The van der Waals surface area contributed by atoms with E-state index in [2.05, 4.69) is 61.5 Å². The Labute approximate surface area is 96.9 Å². The summed E-state index contributed by atoms with van der Waals surface area (Å²) in [5.41, 5.74) is 4.55. The largest absolute Gasteiger partial charge is 0.0622 e. The van der Waals surface area contributed by atoms with E-state index in [-0.39, 0.29) is 0 Å². The maximum Gasteiger partial charge on any atom is -0.00551 e. The fourth-order valence-electron chi connectivity index (χ4n) is 2.90. The van der Waals surface area contributed by atoms with Crippen molar-refractivity contribution in [2.75, 3.05) is 0 Å². The molecule has 0 saturated carbocycles. The molecule has 1 aliphatic carbocycles. The molecule has 0 spiro atoms. The molecule has 3 rings (SSSR count). The second kappa shape index (κ2) is 3.79. The minimum atomic E-state index is 0.651. The molecule has 0 heteroatoms. The van der Waals surface area contributed by atoms with E-state index in [1.165, 1.54) is 23.1 Å². The number of benzene rings is 2. The van der Waals surface area contributed by atoms with E-state index in [1.54, 1.807) is 0 Å². The van der Waals surface area contributed by atoms with Crippen LogP contribution in [0.3, 0.4) is 0 Å². The zero-order chi connectivity index (χ0) is 11.0. The van der Waals surface area contributed by atoms with Gasteiger partial charge in [0.15, 0.2) is 0 Å². The van der Waals surface area contributed by atoms with Crippen molar-refractivity contribution >= 4 is 0 Å². The zero-order valence-electron chi connectivity index (χ0n) is 9.56. The van der Waals surface area contributed by atoms with E-state index in [4.69, 9.17) is 0 Å². The lowest BCUT2D eigenvalue weighted by Crippen LogP contribution is -2.02. The fraction of sp³-hybridized carbons (Fsp3) is 0.250. The highest BCUT2D eigenvalue weighted by molar-refractivity contribution is 5.41. The zero-order valence-corrected chi connectivity index (χ0v) is 9.56. The van der Waals surface area contributed by atoms with Gasteiger partial charge in [-0.1, -0.05) is 61.5 Å². The smallest absolute Gasteiger partial charge is 0.00551 e. The summed E-state index contributed by atoms with van der Waals surface area (Å²) in [5, 5.41) is 0. The van der Waals surface area contributed by atoms with Crippen LogP contribution in [0.4, 0.5) is 0 Å². The Bertz CT molecular complexity index is 484. The van der Waals surface area contributed by atoms with Crippen LogP contribution >= 0.6 is 0 Å². The van der Waals surface area contributed by atoms with Crippen LogP contribution < -0.4 is 0 Å². The Balaban J connectivity index is 1.99. The molecule has 2 unspecified atom stereocenters. The minimum Gasteiger partial charge on any atom is -0.0622 e. The van der Waals surface area contributed by atoms with Crippen molar-refractivity contribution in [1.82, 2.24) is 0 Å². The molecule has 0 radical (unpaired) electrons. The van der Waals surface area contributed by atoms with Crippen molar-refractivity contribution in [3.05, 3.63) is 71.3 Å². The van der Waals surface area contributed by atoms with Crippen LogP contribution in [0.1, 0.15) is 35.4 Å². The lowest BCUT2D eigenvalue weighted by atomic mass is 9.88. The van der Waals surface area contributed by atoms with Gasteiger partial charge in [0.1, 0.15) is 0 Å². The minimum absolute atomic E-state index is 0.651. The van der Waals surface area contributed by atoms with Crippen molar-refractivity contribution in [2.45, 2.75) is 25.2 Å². The van der Waals surface area contributed by atoms with E-state index >= 15 is 0 Å². The summed E-state index contributed by atoms with van der Waals surface area (Å²) in [6.45, 7) is 2.35. The Morgan fingerprint density at radius 2 is 1.56 bits per heavy atom. The fourth-order valence-corrected chi connectivity index (χ4v) is 2.90. The highest BCUT2D eigenvalue weighted by Gasteiger charge is 2.29. The predicted octanol–water partition coefficient (Wildman–Crippen LogP) is 4.13. The molecular formula is C16H16. The van der Waals surface area contributed by atoms with E-state index in [1.807, 2.05) is 0 Å². The van der Waals surface area contributed by atoms with Gasteiger partial charge in [0.2, 0.25) is 0 Å². The van der Waals surface area contributed by atoms with Gasteiger partial charge in [0.25, 0.3) is 0 Å². The van der Waals surface area contributed by atoms with Gasteiger partial charge >= 0.3 is 0 Å². The third-order valence-electron chi connectivity index (χ3n) is 3.82. The highest BCUT2D eigenvalue weighted by Crippen LogP contribution is 2.43. The Kier molecular flexibility index (Phi) is 2.28. The second-order valence-electron chi connectivity index (χ2n) is 4.71. The van der Waals surface area contributed by atoms with E-state index in [0.29, 0.717) is 11.8 Å². The summed E-state index contributed by atoms with van der Waals surface area (Å²) < 4.78 is 0. The quantitative estimate of drug-likeness (QED) is 0.661. The first-order valence-electron chi connectivity index (χ1n) is 5.99. The lowest BCUT2D eigenvalue weighted by Gasteiger charge is -2.16. The normalized spacial score (nSPS) is 23.1. The van der Waals surface area contributed by atoms with Gasteiger partial charge in [-0.3, -0.25) is 0 Å². The van der Waals surface area contributed by atoms with Crippen LogP contribution in [0.25, 0.3) is 0 Å². The molecule has 0 amide bonds. The molecule has 2 aromatic rings. The van der Waals surface area contributed by atoms with Crippen molar-refractivity contribution in [2.24, 2.45) is 0 Å². The number of hydrogen-bond donors (Lipinski definition) is 0. The van der Waals surface area contributed by atoms with E-state index < -0.39 is 0 Å². The average molecular weight is 208 g/mol. The summed E-state index contributed by atoms with van der Waals surface area (Å²) in [6.07, 6.45) is 1.20. The van der Waals surface area contributed by atoms with Crippen molar-refractivity contribution < 1.29 is 0 Å². The predicted molar refractivity (Wildman–Crippen MR) is 67.7 cm³/mol. The summed E-state index contributed by atoms with van der Waals surface area (Å²) in [4.78, 5) is 0. The Hall–Kier alpha value is -1.56. The first-order valence-corrected chi connectivity index (χ1v) is 5.99. The van der Waals surface area contributed by atoms with E-state index in [0.717, 1.165) is 0 Å². The number of hydrogen-bond acceptors (Lipinski definition) is 0. The van der Waals surface area contributed by atoms with Gasteiger partial charge < -0.3 is 0 Å². The topological polar surface area (TPSA) is 0 Å². The summed E-state index contributed by atoms with van der Waals surface area (Å²) in [7, 11) is 0. The van der Waals surface area contributed by atoms with Crippen LogP contribution in [0, 0.1) is 0 Å². The van der Waals surface area contributed by atoms with Crippen LogP contribution in [0.2, 0.25) is 0 Å². The molecule has 0 saturated heterocycles. The third kappa shape index (κ3) is 1.46. The van der Waals surface area contributed by atoms with Crippen molar-refractivity contribution in [1.29, 1.82) is 0 Å². The van der Waals surface area contributed by atoms with Gasteiger partial charge in [-0.15, -0.1) is 0 Å². The molecule has 0 heterocycles. The highest BCUT2D eigenvalue weighted by atomic mass is 14.3. The first kappa shape index (κ1) is 9.65. The molecule has 0 fully saturated rings. The molecule has 0 nitrogen and oxygen atoms in total. The second-order valence-corrected chi connectivity index (χ2v) is 4.71. The molecule has 0 aliphatic heterocycles. The van der Waals surface area contributed by atoms with Crippen LogP contribution in [0.5, 0.6) is 0 Å². The molecule has 0 bridgehead atoms. The van der Waals surface area contributed by atoms with Gasteiger partial charge in [0, 0.05) is 0 Å². The maximum atomic E-state index is 2.35. The average Bonchev–Trinajstić information content (AvgIpc) is 2.69. The van der Waals surface area contributed by atoms with Crippen LogP contribution in [-0.2, 0) is 6.42 Å². The van der Waals surface area contributed by atoms with E-state index in [9.17, 15) is 0 Å². The molecule has 2 aromatic carbocycles. The van der Waals surface area contributed by atoms with Crippen molar-refractivity contribution in [3.8, 4) is 0 Å². The van der Waals surface area contributed by atoms with Gasteiger partial charge in [0.05, 0.1) is 0 Å². The Morgan fingerprint density at radius 1 is 0.875 bits per heavy atom. The molecule has 80 valence electrons. The molecule has 0 N–H and O–H groups in total. The van der Waals surface area contributed by atoms with Gasteiger partial charge in [-0.2, -0.15) is 0 Å². The molecule has 16 heavy (non-hydrogen) atoms. The van der Waals surface area contributed by atoms with Gasteiger partial charge in [-0.25, -0.2) is 0 Å². The first-order chi connectivity index (χ1) is 7.86. The summed E-state index contributed by atoms with van der Waals surface area (Å²) in [5.74, 6) is 1.32. The van der Waals surface area contributed by atoms with Crippen molar-refractivity contribution in [3.63, 3.8) is 0 Å². The summed E-state index contributed by atoms with van der Waals surface area (Å²) >= 11 is 0. The summed E-state index contributed by atoms with van der Waals surface area (Å²) in [6, 6.07) is 19.8. The molecule has 0 aromatic heterocycles. The SMILES string of the molecule is CC1c2ccccc2CC1c1ccccc1. The van der Waals surface area contributed by atoms with Crippen LogP contribution in [-0.4, -0.2) is 0 Å². The van der Waals surface area contributed by atoms with Gasteiger partial charge in [-0.05, 0) is 34.9 Å².